The number of amides is 4. The van der Waals surface area contributed by atoms with Crippen LogP contribution in [0.15, 0.2) is 84.9 Å². The highest BCUT2D eigenvalue weighted by molar-refractivity contribution is 6.31. The fraction of sp³-hybridized carbons (Fsp3) is 0.304. The molecule has 0 spiro atoms. The van der Waals surface area contributed by atoms with Gasteiger partial charge in [-0.1, -0.05) is 48.0 Å². The summed E-state index contributed by atoms with van der Waals surface area (Å²) in [5.41, 5.74) is 7.87. The predicted octanol–water partition coefficient (Wildman–Crippen LogP) is 5.76. The Morgan fingerprint density at radius 1 is 0.903 bits per heavy atom. The second kappa shape index (κ2) is 17.4. The van der Waals surface area contributed by atoms with Crippen molar-refractivity contribution in [2.75, 3.05) is 44.3 Å². The summed E-state index contributed by atoms with van der Waals surface area (Å²) in [6, 6.07) is 24.7. The number of nitrogens with one attached hydrogen (secondary N) is 2. The summed E-state index contributed by atoms with van der Waals surface area (Å²) in [6.45, 7) is 3.10. The number of aryl methyl sites for hydroxylation is 2. The van der Waals surface area contributed by atoms with Gasteiger partial charge in [-0.2, -0.15) is 9.78 Å². The fourth-order valence-electron chi connectivity index (χ4n) is 8.47. The van der Waals surface area contributed by atoms with E-state index in [0.717, 1.165) is 46.3 Å². The number of aromatic amines is 1. The number of carbonyl (C=O) groups is 4. The smallest absolute Gasteiger partial charge is 0.255 e. The van der Waals surface area contributed by atoms with E-state index < -0.39 is 11.9 Å². The second-order valence-electron chi connectivity index (χ2n) is 15.9. The Labute approximate surface area is 361 Å². The molecule has 5 heterocycles. The average Bonchev–Trinajstić information content (AvgIpc) is 3.95. The number of nitrogens with zero attached hydrogens (tertiary/aromatic N) is 6. The Morgan fingerprint density at radius 3 is 2.44 bits per heavy atom. The minimum atomic E-state index is -0.655. The van der Waals surface area contributed by atoms with Gasteiger partial charge in [0.2, 0.25) is 29.5 Å². The van der Waals surface area contributed by atoms with Crippen molar-refractivity contribution in [2.45, 2.75) is 51.1 Å². The highest BCUT2D eigenvalue weighted by atomic mass is 35.5. The molecule has 4 amide bonds. The molecule has 2 fully saturated rings. The maximum absolute atomic E-state index is 13.6. The number of H-pyrrole nitrogens is 1. The number of anilines is 1. The lowest BCUT2D eigenvalue weighted by Crippen LogP contribution is -2.52. The number of carbonyl (C=O) groups excluding carboxylic acids is 4. The van der Waals surface area contributed by atoms with Gasteiger partial charge < -0.3 is 29.5 Å². The summed E-state index contributed by atoms with van der Waals surface area (Å²) < 4.78 is 20.8. The molecule has 1 atom stereocenters. The number of aromatic nitrogens is 4. The number of piperazine rings is 1. The molecule has 3 aliphatic heterocycles. The van der Waals surface area contributed by atoms with Crippen molar-refractivity contribution >= 4 is 52.0 Å². The molecule has 3 N–H and O–H groups in total. The molecule has 0 radical (unpaired) electrons. The molecular formula is C46H44ClFN8O6. The van der Waals surface area contributed by atoms with E-state index in [1.807, 2.05) is 47.4 Å². The van der Waals surface area contributed by atoms with Crippen LogP contribution in [0, 0.1) is 5.82 Å². The number of ether oxygens (including phenoxy) is 1. The molecule has 16 heteroatoms. The van der Waals surface area contributed by atoms with Gasteiger partial charge in [-0.15, -0.1) is 0 Å². The van der Waals surface area contributed by atoms with Crippen molar-refractivity contribution < 1.29 is 33.4 Å². The van der Waals surface area contributed by atoms with Gasteiger partial charge in [0.05, 0.1) is 11.0 Å². The first kappa shape index (κ1) is 40.8. The summed E-state index contributed by atoms with van der Waals surface area (Å²) in [5.74, 6) is -0.992. The van der Waals surface area contributed by atoms with E-state index in [1.54, 1.807) is 35.2 Å². The van der Waals surface area contributed by atoms with Crippen LogP contribution in [0.25, 0.3) is 28.2 Å². The lowest BCUT2D eigenvalue weighted by Gasteiger charge is -2.36. The van der Waals surface area contributed by atoms with E-state index in [2.05, 4.69) is 20.2 Å². The summed E-state index contributed by atoms with van der Waals surface area (Å²) in [7, 11) is 0. The Kier molecular flexibility index (Phi) is 11.5. The number of rotatable bonds is 13. The van der Waals surface area contributed by atoms with Crippen LogP contribution in [0.4, 0.5) is 10.1 Å². The molecule has 14 nitrogen and oxygen atoms in total. The normalized spacial score (nSPS) is 16.6. The van der Waals surface area contributed by atoms with Crippen LogP contribution < -0.4 is 10.2 Å². The lowest BCUT2D eigenvalue weighted by atomic mass is 9.99. The van der Waals surface area contributed by atoms with Gasteiger partial charge in [-0.3, -0.25) is 24.5 Å². The van der Waals surface area contributed by atoms with Gasteiger partial charge in [-0.25, -0.2) is 9.37 Å². The van der Waals surface area contributed by atoms with Crippen molar-refractivity contribution in [3.05, 3.63) is 124 Å². The third-order valence-electron chi connectivity index (χ3n) is 11.9. The highest BCUT2D eigenvalue weighted by Crippen LogP contribution is 2.34. The minimum Gasteiger partial charge on any atom is -0.493 e. The first-order valence-corrected chi connectivity index (χ1v) is 21.1. The van der Waals surface area contributed by atoms with Gasteiger partial charge >= 0.3 is 0 Å². The summed E-state index contributed by atoms with van der Waals surface area (Å²) in [4.78, 5) is 63.6. The van der Waals surface area contributed by atoms with Crippen molar-refractivity contribution in [1.29, 1.82) is 0 Å². The van der Waals surface area contributed by atoms with Crippen molar-refractivity contribution in [2.24, 2.45) is 0 Å². The van der Waals surface area contributed by atoms with Gasteiger partial charge in [0.25, 0.3) is 5.91 Å². The summed E-state index contributed by atoms with van der Waals surface area (Å²) >= 11 is 6.19. The zero-order valence-electron chi connectivity index (χ0n) is 33.8. The molecular weight excluding hydrogens is 815 g/mol. The number of imide groups is 1. The first-order valence-electron chi connectivity index (χ1n) is 20.8. The number of aromatic hydroxyl groups is 1. The average molecular weight is 859 g/mol. The molecule has 3 aliphatic rings. The van der Waals surface area contributed by atoms with Crippen LogP contribution in [0.2, 0.25) is 5.02 Å². The topological polar surface area (TPSA) is 166 Å². The van der Waals surface area contributed by atoms with Crippen LogP contribution in [-0.2, 0) is 44.9 Å². The Hall–Kier alpha value is -6.58. The number of benzene rings is 4. The van der Waals surface area contributed by atoms with Crippen molar-refractivity contribution in [3.8, 4) is 23.1 Å². The van der Waals surface area contributed by atoms with Gasteiger partial charge in [0, 0.05) is 73.2 Å². The molecule has 9 rings (SSSR count). The number of halogens is 2. The van der Waals surface area contributed by atoms with Crippen LogP contribution in [0.3, 0.4) is 0 Å². The number of piperidine rings is 1. The number of hydrogen-bond acceptors (Lipinski definition) is 9. The molecule has 6 aromatic rings. The number of hydrogen-bond donors (Lipinski definition) is 3. The largest absolute Gasteiger partial charge is 0.493 e. The second-order valence-corrected chi connectivity index (χ2v) is 16.3. The molecule has 2 saturated heterocycles. The van der Waals surface area contributed by atoms with Gasteiger partial charge in [0.1, 0.15) is 24.2 Å². The maximum atomic E-state index is 13.6. The van der Waals surface area contributed by atoms with Gasteiger partial charge in [0.15, 0.2) is 0 Å². The zero-order chi connectivity index (χ0) is 42.9. The third-order valence-corrected chi connectivity index (χ3v) is 12.1. The molecule has 2 aromatic heterocycles. The molecule has 62 heavy (non-hydrogen) atoms. The molecule has 1 unspecified atom stereocenters. The molecule has 0 saturated carbocycles. The van der Waals surface area contributed by atoms with Crippen LogP contribution in [0.1, 0.15) is 51.9 Å². The molecule has 0 aliphatic carbocycles. The minimum absolute atomic E-state index is 0.00118. The fourth-order valence-corrected chi connectivity index (χ4v) is 8.63. The Bertz CT molecular complexity index is 2670. The van der Waals surface area contributed by atoms with E-state index in [9.17, 15) is 28.7 Å². The zero-order valence-corrected chi connectivity index (χ0v) is 34.5. The number of imidazole rings is 1. The maximum Gasteiger partial charge on any atom is 0.255 e. The van der Waals surface area contributed by atoms with E-state index in [4.69, 9.17) is 21.4 Å². The predicted molar refractivity (Wildman–Crippen MR) is 230 cm³/mol. The standard InChI is InChI=1S/C46H44ClFN8O6/c47-32-10-16-37-38(25-32)50-46(49-37)56-45(61)36(14-7-29-5-11-33(48)12-6-29)42(52-56)30-8-3-28(4-9-30)2-1-23-62-27-41(58)54-21-19-53(20-22-54)34-13-15-35-31(24-34)26-55(44(35)60)39-17-18-40(57)51-43(39)59/h3-6,8-13,15-16,24-25,39,61H,1-2,7,14,17-23,26-27H2,(H,49,50)(H,51,57,59). The highest BCUT2D eigenvalue weighted by Gasteiger charge is 2.39. The molecule has 0 bridgehead atoms. The van der Waals surface area contributed by atoms with E-state index >= 15 is 0 Å². The Morgan fingerprint density at radius 2 is 1.66 bits per heavy atom. The Balaban J connectivity index is 0.761. The molecule has 4 aromatic carbocycles. The lowest BCUT2D eigenvalue weighted by molar-refractivity contribution is -0.137. The van der Waals surface area contributed by atoms with Crippen LogP contribution in [-0.4, -0.2) is 104 Å². The molecule has 318 valence electrons. The number of fused-ring (bicyclic) bond motifs is 2. The van der Waals surface area contributed by atoms with E-state index in [0.29, 0.717) is 91.9 Å². The SMILES string of the molecule is O=C1CCC(N2Cc3cc(N4CCN(C(=O)COCCCc5ccc(-c6nn(-c7nc8cc(Cl)ccc8[nH]7)c(O)c6CCc6ccc(F)cc6)cc5)CC4)ccc3C2=O)C(=O)N1. The van der Waals surface area contributed by atoms with E-state index in [-0.39, 0.29) is 42.4 Å². The van der Waals surface area contributed by atoms with Crippen molar-refractivity contribution in [3.63, 3.8) is 0 Å². The first-order chi connectivity index (χ1) is 30.1. The monoisotopic (exact) mass is 858 g/mol. The van der Waals surface area contributed by atoms with Gasteiger partial charge in [-0.05, 0) is 97.3 Å². The third kappa shape index (κ3) is 8.50. The van der Waals surface area contributed by atoms with Crippen LogP contribution >= 0.6 is 11.6 Å². The van der Waals surface area contributed by atoms with Crippen LogP contribution in [0.5, 0.6) is 5.88 Å². The quantitative estimate of drug-likeness (QED) is 0.0968. The van der Waals surface area contributed by atoms with E-state index in [1.165, 1.54) is 16.8 Å². The van der Waals surface area contributed by atoms with Crippen molar-refractivity contribution in [1.82, 2.24) is 34.9 Å². The summed E-state index contributed by atoms with van der Waals surface area (Å²) in [5, 5.41) is 19.2. The summed E-state index contributed by atoms with van der Waals surface area (Å²) in [6.07, 6.45) is 3.01.